The van der Waals surface area contributed by atoms with Gasteiger partial charge >= 0.3 is 0 Å². The molecule has 1 aromatic rings. The Morgan fingerprint density at radius 3 is 2.76 bits per heavy atom. The lowest BCUT2D eigenvalue weighted by Crippen LogP contribution is -2.36. The summed E-state index contributed by atoms with van der Waals surface area (Å²) in [6.07, 6.45) is -0.727. The van der Waals surface area contributed by atoms with E-state index in [0.717, 1.165) is 0 Å². The van der Waals surface area contributed by atoms with E-state index in [1.165, 1.54) is 18.1 Å². The van der Waals surface area contributed by atoms with Crippen molar-refractivity contribution in [3.05, 3.63) is 21.9 Å². The molecule has 17 heavy (non-hydrogen) atoms. The molecule has 1 atom stereocenters. The van der Waals surface area contributed by atoms with E-state index in [1.807, 2.05) is 0 Å². The molecule has 1 aromatic heterocycles. The lowest BCUT2D eigenvalue weighted by molar-refractivity contribution is 0.0378. The molecule has 2 N–H and O–H groups in total. The van der Waals surface area contributed by atoms with Crippen LogP contribution in [0.3, 0.4) is 0 Å². The fourth-order valence-corrected chi connectivity index (χ4v) is 1.68. The van der Waals surface area contributed by atoms with Crippen molar-refractivity contribution >= 4 is 29.1 Å². The van der Waals surface area contributed by atoms with Gasteiger partial charge in [0.05, 0.1) is 17.7 Å². The lowest BCUT2D eigenvalue weighted by atomic mass is 10.3. The molecule has 1 rings (SSSR count). The molecule has 0 saturated carbocycles. The molecule has 0 bridgehead atoms. The molecular formula is C10H14Cl2N2O3. The van der Waals surface area contributed by atoms with Crippen molar-refractivity contribution in [2.45, 2.75) is 6.10 Å². The van der Waals surface area contributed by atoms with Crippen molar-refractivity contribution in [2.24, 2.45) is 0 Å². The Bertz CT molecular complexity index is 375. The number of likely N-dealkylation sites (N-methyl/N-ethyl adjacent to an activating group) is 1. The van der Waals surface area contributed by atoms with Gasteiger partial charge in [0, 0.05) is 20.7 Å². The Kier molecular flexibility index (Phi) is 5.27. The molecule has 96 valence electrons. The van der Waals surface area contributed by atoms with Crippen LogP contribution >= 0.6 is 23.2 Å². The van der Waals surface area contributed by atoms with Crippen LogP contribution in [0.5, 0.6) is 0 Å². The molecule has 1 unspecified atom stereocenters. The zero-order chi connectivity index (χ0) is 13.0. The third-order valence-electron chi connectivity index (χ3n) is 2.15. The number of hydrogen-bond acceptors (Lipinski definition) is 3. The molecule has 0 radical (unpaired) electrons. The van der Waals surface area contributed by atoms with Crippen LogP contribution in [-0.2, 0) is 4.74 Å². The van der Waals surface area contributed by atoms with Gasteiger partial charge in [-0.05, 0) is 6.07 Å². The third-order valence-corrected chi connectivity index (χ3v) is 2.84. The molecule has 0 aliphatic rings. The highest BCUT2D eigenvalue weighted by Gasteiger charge is 2.18. The number of carbonyl (C=O) groups excluding carboxylic acids is 1. The molecule has 0 aliphatic heterocycles. The fraction of sp³-hybridized carbons (Fsp3) is 0.500. The Labute approximate surface area is 109 Å². The van der Waals surface area contributed by atoms with Gasteiger partial charge in [0.1, 0.15) is 10.8 Å². The van der Waals surface area contributed by atoms with Gasteiger partial charge < -0.3 is 19.7 Å². The summed E-state index contributed by atoms with van der Waals surface area (Å²) in [5, 5.41) is 10.0. The highest BCUT2D eigenvalue weighted by Crippen LogP contribution is 2.22. The number of methoxy groups -OCH3 is 1. The summed E-state index contributed by atoms with van der Waals surface area (Å²) in [4.78, 5) is 15.9. The fourth-order valence-electron chi connectivity index (χ4n) is 1.37. The average Bonchev–Trinajstić information content (AvgIpc) is 2.58. The van der Waals surface area contributed by atoms with Gasteiger partial charge in [0.25, 0.3) is 5.91 Å². The quantitative estimate of drug-likeness (QED) is 0.857. The number of amides is 1. The molecule has 0 saturated heterocycles. The van der Waals surface area contributed by atoms with Crippen LogP contribution in [0.1, 0.15) is 10.5 Å². The number of H-pyrrole nitrogens is 1. The molecular weight excluding hydrogens is 267 g/mol. The largest absolute Gasteiger partial charge is 0.389 e. The molecule has 0 aliphatic carbocycles. The minimum absolute atomic E-state index is 0.168. The van der Waals surface area contributed by atoms with E-state index in [2.05, 4.69) is 4.98 Å². The Morgan fingerprint density at radius 1 is 1.65 bits per heavy atom. The molecule has 0 fully saturated rings. The van der Waals surface area contributed by atoms with Crippen LogP contribution < -0.4 is 0 Å². The maximum absolute atomic E-state index is 11.9. The van der Waals surface area contributed by atoms with Gasteiger partial charge in [-0.25, -0.2) is 0 Å². The van der Waals surface area contributed by atoms with Crippen molar-refractivity contribution in [1.82, 2.24) is 9.88 Å². The first-order valence-corrected chi connectivity index (χ1v) is 5.67. The first-order chi connectivity index (χ1) is 7.95. The Morgan fingerprint density at radius 2 is 2.29 bits per heavy atom. The van der Waals surface area contributed by atoms with Crippen molar-refractivity contribution in [3.63, 3.8) is 0 Å². The Hall–Kier alpha value is -0.750. The minimum Gasteiger partial charge on any atom is -0.389 e. The van der Waals surface area contributed by atoms with E-state index in [0.29, 0.717) is 5.02 Å². The maximum atomic E-state index is 11.9. The van der Waals surface area contributed by atoms with Gasteiger partial charge in [-0.2, -0.15) is 0 Å². The van der Waals surface area contributed by atoms with Gasteiger partial charge in [-0.15, -0.1) is 0 Å². The van der Waals surface area contributed by atoms with Crippen molar-refractivity contribution < 1.29 is 14.6 Å². The highest BCUT2D eigenvalue weighted by molar-refractivity contribution is 6.41. The molecule has 1 heterocycles. The van der Waals surface area contributed by atoms with Crippen molar-refractivity contribution in [2.75, 3.05) is 27.3 Å². The van der Waals surface area contributed by atoms with E-state index in [9.17, 15) is 9.90 Å². The van der Waals surface area contributed by atoms with E-state index in [-0.39, 0.29) is 29.9 Å². The normalized spacial score (nSPS) is 12.5. The molecule has 5 nitrogen and oxygen atoms in total. The second-order valence-electron chi connectivity index (χ2n) is 3.64. The average molecular weight is 281 g/mol. The first-order valence-electron chi connectivity index (χ1n) is 4.92. The zero-order valence-corrected chi connectivity index (χ0v) is 11.0. The number of hydrogen-bond donors (Lipinski definition) is 2. The maximum Gasteiger partial charge on any atom is 0.270 e. The monoisotopic (exact) mass is 280 g/mol. The van der Waals surface area contributed by atoms with E-state index >= 15 is 0 Å². The molecule has 1 amide bonds. The number of carbonyl (C=O) groups is 1. The van der Waals surface area contributed by atoms with Gasteiger partial charge in [0.15, 0.2) is 0 Å². The number of aliphatic hydroxyl groups is 1. The number of aromatic amines is 1. The van der Waals surface area contributed by atoms with E-state index in [4.69, 9.17) is 27.9 Å². The molecule has 0 aromatic carbocycles. The van der Waals surface area contributed by atoms with Gasteiger partial charge in [-0.1, -0.05) is 23.2 Å². The van der Waals surface area contributed by atoms with Gasteiger partial charge in [-0.3, -0.25) is 4.79 Å². The van der Waals surface area contributed by atoms with Crippen LogP contribution in [0.15, 0.2) is 6.07 Å². The van der Waals surface area contributed by atoms with E-state index in [1.54, 1.807) is 7.05 Å². The number of halogens is 2. The van der Waals surface area contributed by atoms with Crippen molar-refractivity contribution in [3.8, 4) is 0 Å². The number of rotatable bonds is 5. The highest BCUT2D eigenvalue weighted by atomic mass is 35.5. The van der Waals surface area contributed by atoms with Crippen LogP contribution in [0.2, 0.25) is 10.2 Å². The van der Waals surface area contributed by atoms with Crippen LogP contribution in [0.4, 0.5) is 0 Å². The second-order valence-corrected chi connectivity index (χ2v) is 4.42. The summed E-state index contributed by atoms with van der Waals surface area (Å²) in [5.74, 6) is -0.297. The standard InChI is InChI=1S/C10H14Cl2N2O3/c1-14(4-6(15)5-17-2)10(16)8-3-7(11)9(12)13-8/h3,6,13,15H,4-5H2,1-2H3. The van der Waals surface area contributed by atoms with Crippen molar-refractivity contribution in [1.29, 1.82) is 0 Å². The Balaban J connectivity index is 2.63. The number of nitrogens with one attached hydrogen (secondary N) is 1. The lowest BCUT2D eigenvalue weighted by Gasteiger charge is -2.19. The summed E-state index contributed by atoms with van der Waals surface area (Å²) in [7, 11) is 3.05. The number of aromatic nitrogens is 1. The SMILES string of the molecule is COCC(O)CN(C)C(=O)c1cc(Cl)c(Cl)[nH]1. The number of aliphatic hydroxyl groups excluding tert-OH is 1. The smallest absolute Gasteiger partial charge is 0.270 e. The summed E-state index contributed by atoms with van der Waals surface area (Å²) < 4.78 is 4.78. The summed E-state index contributed by atoms with van der Waals surface area (Å²) in [5.41, 5.74) is 0.284. The molecule has 7 heteroatoms. The van der Waals surface area contributed by atoms with Crippen LogP contribution in [-0.4, -0.2) is 54.3 Å². The topological polar surface area (TPSA) is 65.6 Å². The number of ether oxygens (including phenoxy) is 1. The van der Waals surface area contributed by atoms with E-state index < -0.39 is 6.10 Å². The summed E-state index contributed by atoms with van der Waals surface area (Å²) in [6, 6.07) is 1.45. The van der Waals surface area contributed by atoms with Gasteiger partial charge in [0.2, 0.25) is 0 Å². The molecule has 0 spiro atoms. The first kappa shape index (κ1) is 14.3. The predicted octanol–water partition coefficient (Wildman–Crippen LogP) is 1.40. The second kappa shape index (κ2) is 6.26. The van der Waals surface area contributed by atoms with Crippen LogP contribution in [0.25, 0.3) is 0 Å². The summed E-state index contributed by atoms with van der Waals surface area (Å²) in [6.45, 7) is 0.338. The summed E-state index contributed by atoms with van der Waals surface area (Å²) >= 11 is 11.4. The minimum atomic E-state index is -0.727. The zero-order valence-electron chi connectivity index (χ0n) is 9.54. The third kappa shape index (κ3) is 3.89. The van der Waals surface area contributed by atoms with Crippen LogP contribution in [0, 0.1) is 0 Å². The number of nitrogens with zero attached hydrogens (tertiary/aromatic N) is 1. The predicted molar refractivity (Wildman–Crippen MR) is 65.7 cm³/mol.